The number of nitrogens with one attached hydrogen (secondary N) is 2. The zero-order valence-corrected chi connectivity index (χ0v) is 12.7. The molecule has 2 aromatic rings. The van der Waals surface area contributed by atoms with E-state index in [0.717, 1.165) is 17.2 Å². The molecule has 0 unspecified atom stereocenters. The van der Waals surface area contributed by atoms with Crippen LogP contribution in [0.5, 0.6) is 11.6 Å². The van der Waals surface area contributed by atoms with Crippen molar-refractivity contribution in [2.24, 2.45) is 0 Å². The summed E-state index contributed by atoms with van der Waals surface area (Å²) in [7, 11) is 0. The number of aromatic amines is 1. The Hall–Kier alpha value is -1.95. The summed E-state index contributed by atoms with van der Waals surface area (Å²) in [6.45, 7) is 6.81. The Bertz CT molecular complexity index is 618. The van der Waals surface area contributed by atoms with E-state index in [9.17, 15) is 0 Å². The molecule has 1 saturated carbocycles. The lowest BCUT2D eigenvalue weighted by atomic mass is 10.2. The van der Waals surface area contributed by atoms with Gasteiger partial charge in [0.05, 0.1) is 6.20 Å². The fourth-order valence-corrected chi connectivity index (χ4v) is 2.00. The van der Waals surface area contributed by atoms with Crippen molar-refractivity contribution in [3.05, 3.63) is 29.5 Å². The Balaban J connectivity index is 1.81. The van der Waals surface area contributed by atoms with Crippen LogP contribution in [-0.2, 0) is 6.54 Å². The van der Waals surface area contributed by atoms with Crippen LogP contribution in [0.4, 0.5) is 0 Å². The van der Waals surface area contributed by atoms with Crippen molar-refractivity contribution in [2.75, 3.05) is 0 Å². The summed E-state index contributed by atoms with van der Waals surface area (Å²) in [4.78, 5) is 9.02. The first kappa shape index (κ1) is 14.0. The summed E-state index contributed by atoms with van der Waals surface area (Å²) in [6, 6.07) is 2.48. The van der Waals surface area contributed by atoms with Gasteiger partial charge in [-0.25, -0.2) is 9.97 Å². The van der Waals surface area contributed by atoms with Crippen LogP contribution in [0.15, 0.2) is 12.3 Å². The van der Waals surface area contributed by atoms with Crippen molar-refractivity contribution in [3.8, 4) is 11.6 Å². The van der Waals surface area contributed by atoms with E-state index in [1.165, 1.54) is 12.8 Å². The molecular weight excluding hydrogens is 266 g/mol. The third-order valence-corrected chi connectivity index (χ3v) is 3.40. The maximum Gasteiger partial charge on any atom is 0.238 e. The fourth-order valence-electron chi connectivity index (χ4n) is 2.00. The molecule has 2 heterocycles. The van der Waals surface area contributed by atoms with E-state index in [-0.39, 0.29) is 0 Å². The lowest BCUT2D eigenvalue weighted by molar-refractivity contribution is 0.444. The topological polar surface area (TPSA) is 75.7 Å². The van der Waals surface area contributed by atoms with E-state index in [1.54, 1.807) is 6.20 Å². The molecule has 2 N–H and O–H groups in total. The first-order chi connectivity index (χ1) is 10.1. The molecule has 1 aliphatic rings. The standard InChI is InChI=1S/C15H21N5O/c1-9(2)15-17-8-13(21-14-6-10(3)19-20-14)12(18-15)7-16-11-4-5-11/h6,8-9,11,16H,4-5,7H2,1-3H3,(H,19,20). The molecule has 0 bridgehead atoms. The molecule has 2 aromatic heterocycles. The van der Waals surface area contributed by atoms with Crippen LogP contribution in [0.1, 0.15) is 49.8 Å². The van der Waals surface area contributed by atoms with Gasteiger partial charge in [-0.1, -0.05) is 13.8 Å². The van der Waals surface area contributed by atoms with Crippen LogP contribution in [0.3, 0.4) is 0 Å². The average molecular weight is 287 g/mol. The molecular formula is C15H21N5O. The SMILES string of the molecule is Cc1cc(Oc2cnc(C(C)C)nc2CNC2CC2)n[nH]1. The van der Waals surface area contributed by atoms with E-state index < -0.39 is 0 Å². The molecule has 6 heteroatoms. The number of aryl methyl sites for hydroxylation is 1. The Morgan fingerprint density at radius 3 is 2.86 bits per heavy atom. The van der Waals surface area contributed by atoms with E-state index in [4.69, 9.17) is 4.74 Å². The van der Waals surface area contributed by atoms with Crippen molar-refractivity contribution in [2.45, 2.75) is 52.1 Å². The molecule has 0 saturated heterocycles. The number of hydrogen-bond donors (Lipinski definition) is 2. The Morgan fingerprint density at radius 2 is 2.24 bits per heavy atom. The van der Waals surface area contributed by atoms with E-state index in [0.29, 0.717) is 30.1 Å². The molecule has 0 aliphatic heterocycles. The second kappa shape index (κ2) is 5.81. The fraction of sp³-hybridized carbons (Fsp3) is 0.533. The molecule has 0 aromatic carbocycles. The van der Waals surface area contributed by atoms with E-state index in [1.807, 2.05) is 13.0 Å². The van der Waals surface area contributed by atoms with Gasteiger partial charge < -0.3 is 10.1 Å². The number of hydrogen-bond acceptors (Lipinski definition) is 5. The van der Waals surface area contributed by atoms with Crippen LogP contribution in [0, 0.1) is 6.92 Å². The second-order valence-electron chi connectivity index (χ2n) is 5.84. The normalized spacial score (nSPS) is 14.7. The summed E-state index contributed by atoms with van der Waals surface area (Å²) >= 11 is 0. The number of H-pyrrole nitrogens is 1. The number of rotatable bonds is 6. The summed E-state index contributed by atoms with van der Waals surface area (Å²) in [6.07, 6.45) is 4.24. The monoisotopic (exact) mass is 287 g/mol. The summed E-state index contributed by atoms with van der Waals surface area (Å²) < 4.78 is 5.81. The number of aromatic nitrogens is 4. The minimum Gasteiger partial charge on any atom is -0.434 e. The van der Waals surface area contributed by atoms with Gasteiger partial charge in [0.2, 0.25) is 5.88 Å². The summed E-state index contributed by atoms with van der Waals surface area (Å²) in [5, 5.41) is 10.4. The smallest absolute Gasteiger partial charge is 0.238 e. The second-order valence-corrected chi connectivity index (χ2v) is 5.84. The number of ether oxygens (including phenoxy) is 1. The largest absolute Gasteiger partial charge is 0.434 e. The van der Waals surface area contributed by atoms with Gasteiger partial charge in [-0.3, -0.25) is 5.10 Å². The van der Waals surface area contributed by atoms with Gasteiger partial charge in [0.15, 0.2) is 5.75 Å². The molecule has 0 amide bonds. The first-order valence-corrected chi connectivity index (χ1v) is 7.41. The molecule has 3 rings (SSSR count). The molecule has 112 valence electrons. The van der Waals surface area contributed by atoms with Crippen LogP contribution < -0.4 is 10.1 Å². The molecule has 0 radical (unpaired) electrons. The van der Waals surface area contributed by atoms with Crippen molar-refractivity contribution < 1.29 is 4.74 Å². The van der Waals surface area contributed by atoms with Gasteiger partial charge >= 0.3 is 0 Å². The Morgan fingerprint density at radius 1 is 1.43 bits per heavy atom. The molecule has 21 heavy (non-hydrogen) atoms. The highest BCUT2D eigenvalue weighted by atomic mass is 16.5. The third-order valence-electron chi connectivity index (χ3n) is 3.40. The maximum atomic E-state index is 5.81. The lowest BCUT2D eigenvalue weighted by Crippen LogP contribution is -2.18. The predicted molar refractivity (Wildman–Crippen MR) is 79.4 cm³/mol. The van der Waals surface area contributed by atoms with Crippen molar-refractivity contribution in [1.82, 2.24) is 25.5 Å². The third kappa shape index (κ3) is 3.58. The summed E-state index contributed by atoms with van der Waals surface area (Å²) in [5.74, 6) is 2.35. The van der Waals surface area contributed by atoms with E-state index in [2.05, 4.69) is 39.3 Å². The summed E-state index contributed by atoms with van der Waals surface area (Å²) in [5.41, 5.74) is 1.85. The van der Waals surface area contributed by atoms with E-state index >= 15 is 0 Å². The molecule has 1 fully saturated rings. The molecule has 0 spiro atoms. The van der Waals surface area contributed by atoms with Gasteiger partial charge in [-0.05, 0) is 19.8 Å². The lowest BCUT2D eigenvalue weighted by Gasteiger charge is -2.12. The van der Waals surface area contributed by atoms with Crippen LogP contribution in [0.25, 0.3) is 0 Å². The first-order valence-electron chi connectivity index (χ1n) is 7.41. The Labute approximate surface area is 124 Å². The molecule has 0 atom stereocenters. The zero-order chi connectivity index (χ0) is 14.8. The molecule has 6 nitrogen and oxygen atoms in total. The minimum atomic E-state index is 0.298. The van der Waals surface area contributed by atoms with Gasteiger partial charge in [0.25, 0.3) is 0 Å². The van der Waals surface area contributed by atoms with Crippen molar-refractivity contribution in [1.29, 1.82) is 0 Å². The average Bonchev–Trinajstić information content (AvgIpc) is 3.20. The predicted octanol–water partition coefficient (Wildman–Crippen LogP) is 2.68. The van der Waals surface area contributed by atoms with Crippen LogP contribution >= 0.6 is 0 Å². The highest BCUT2D eigenvalue weighted by Gasteiger charge is 2.22. The van der Waals surface area contributed by atoms with Gasteiger partial charge in [-0.15, -0.1) is 5.10 Å². The quantitative estimate of drug-likeness (QED) is 0.854. The zero-order valence-electron chi connectivity index (χ0n) is 12.7. The number of nitrogens with zero attached hydrogens (tertiary/aromatic N) is 3. The minimum absolute atomic E-state index is 0.298. The van der Waals surface area contributed by atoms with Gasteiger partial charge in [0.1, 0.15) is 11.5 Å². The van der Waals surface area contributed by atoms with Gasteiger partial charge in [-0.2, -0.15) is 0 Å². The Kier molecular flexibility index (Phi) is 3.88. The maximum absolute atomic E-state index is 5.81. The highest BCUT2D eigenvalue weighted by molar-refractivity contribution is 5.30. The van der Waals surface area contributed by atoms with Crippen molar-refractivity contribution in [3.63, 3.8) is 0 Å². The molecule has 1 aliphatic carbocycles. The van der Waals surface area contributed by atoms with Crippen LogP contribution in [-0.4, -0.2) is 26.2 Å². The van der Waals surface area contributed by atoms with Gasteiger partial charge in [0, 0.05) is 30.3 Å². The van der Waals surface area contributed by atoms with Crippen LogP contribution in [0.2, 0.25) is 0 Å². The van der Waals surface area contributed by atoms with Crippen molar-refractivity contribution >= 4 is 0 Å². The highest BCUT2D eigenvalue weighted by Crippen LogP contribution is 2.25.